The lowest BCUT2D eigenvalue weighted by Crippen LogP contribution is -2.18. The van der Waals surface area contributed by atoms with Crippen molar-refractivity contribution in [1.82, 2.24) is 4.98 Å². The van der Waals surface area contributed by atoms with Crippen LogP contribution in [0.3, 0.4) is 0 Å². The van der Waals surface area contributed by atoms with E-state index in [9.17, 15) is 13.2 Å². The molecule has 1 aromatic heterocycles. The van der Waals surface area contributed by atoms with Crippen LogP contribution in [0.25, 0.3) is 23.3 Å². The molecule has 1 aliphatic heterocycles. The van der Waals surface area contributed by atoms with Crippen LogP contribution in [0.4, 0.5) is 5.69 Å². The number of hydrogen-bond donors (Lipinski definition) is 2. The summed E-state index contributed by atoms with van der Waals surface area (Å²) in [7, 11) is -3.30. The largest absolute Gasteiger partial charge is 0.492 e. The Kier molecular flexibility index (Phi) is 5.23. The van der Waals surface area contributed by atoms with Crippen LogP contribution in [-0.4, -0.2) is 26.3 Å². The first kappa shape index (κ1) is 20.9. The van der Waals surface area contributed by atoms with Gasteiger partial charge in [-0.2, -0.15) is 0 Å². The Labute approximate surface area is 181 Å². The molecule has 3 aromatic rings. The van der Waals surface area contributed by atoms with Gasteiger partial charge in [-0.05, 0) is 47.5 Å². The van der Waals surface area contributed by atoms with Crippen LogP contribution in [0, 0.1) is 0 Å². The van der Waals surface area contributed by atoms with E-state index in [0.29, 0.717) is 17.9 Å². The van der Waals surface area contributed by atoms with E-state index in [1.807, 2.05) is 30.4 Å². The molecule has 0 saturated carbocycles. The van der Waals surface area contributed by atoms with Crippen molar-refractivity contribution >= 4 is 27.9 Å². The molecule has 0 bridgehead atoms. The Morgan fingerprint density at radius 1 is 1.03 bits per heavy atom. The Balaban J connectivity index is 1.72. The molecule has 0 unspecified atom stereocenters. The van der Waals surface area contributed by atoms with Gasteiger partial charge in [0.05, 0.1) is 18.4 Å². The first-order chi connectivity index (χ1) is 14.6. The van der Waals surface area contributed by atoms with Crippen molar-refractivity contribution in [3.05, 3.63) is 81.8 Å². The molecule has 6 nitrogen and oxygen atoms in total. The SMILES string of the molecule is CC1(C)COc2c(-c3ccc[nH]c3=O)cc(/C=C/c3ccc(NS(C)(=O)=O)cc3)cc21. The van der Waals surface area contributed by atoms with Gasteiger partial charge in [-0.15, -0.1) is 0 Å². The third-order valence-electron chi connectivity index (χ3n) is 5.21. The molecule has 2 N–H and O–H groups in total. The maximum Gasteiger partial charge on any atom is 0.255 e. The Morgan fingerprint density at radius 3 is 2.42 bits per heavy atom. The van der Waals surface area contributed by atoms with E-state index >= 15 is 0 Å². The van der Waals surface area contributed by atoms with E-state index in [2.05, 4.69) is 29.6 Å². The summed E-state index contributed by atoms with van der Waals surface area (Å²) in [6.07, 6.45) is 6.67. The summed E-state index contributed by atoms with van der Waals surface area (Å²) in [4.78, 5) is 15.2. The van der Waals surface area contributed by atoms with Crippen molar-refractivity contribution < 1.29 is 13.2 Å². The number of fused-ring (bicyclic) bond motifs is 1. The highest BCUT2D eigenvalue weighted by atomic mass is 32.2. The molecule has 7 heteroatoms. The highest BCUT2D eigenvalue weighted by Crippen LogP contribution is 2.45. The van der Waals surface area contributed by atoms with E-state index in [1.54, 1.807) is 30.5 Å². The quantitative estimate of drug-likeness (QED) is 0.585. The normalized spacial score (nSPS) is 14.9. The minimum Gasteiger partial charge on any atom is -0.492 e. The molecular weight excluding hydrogens is 412 g/mol. The number of benzene rings is 2. The van der Waals surface area contributed by atoms with Crippen molar-refractivity contribution in [3.8, 4) is 16.9 Å². The lowest BCUT2D eigenvalue weighted by Gasteiger charge is -2.16. The Morgan fingerprint density at radius 2 is 1.74 bits per heavy atom. The third kappa shape index (κ3) is 4.56. The second-order valence-electron chi connectivity index (χ2n) is 8.36. The summed E-state index contributed by atoms with van der Waals surface area (Å²) in [6, 6.07) is 14.8. The van der Waals surface area contributed by atoms with E-state index in [-0.39, 0.29) is 11.0 Å². The van der Waals surface area contributed by atoms with Crippen LogP contribution < -0.4 is 15.0 Å². The lowest BCUT2D eigenvalue weighted by atomic mass is 9.84. The molecule has 0 amide bonds. The summed E-state index contributed by atoms with van der Waals surface area (Å²) in [5, 5.41) is 0. The van der Waals surface area contributed by atoms with Crippen LogP contribution in [0.15, 0.2) is 59.5 Å². The van der Waals surface area contributed by atoms with Gasteiger partial charge in [-0.1, -0.05) is 38.1 Å². The molecule has 0 spiro atoms. The first-order valence-corrected chi connectivity index (χ1v) is 11.8. The second kappa shape index (κ2) is 7.74. The van der Waals surface area contributed by atoms with Crippen LogP contribution in [0.5, 0.6) is 5.75 Å². The lowest BCUT2D eigenvalue weighted by molar-refractivity contribution is 0.292. The van der Waals surface area contributed by atoms with E-state index < -0.39 is 10.0 Å². The molecule has 0 radical (unpaired) electrons. The molecule has 1 aliphatic rings. The standard InChI is InChI=1S/C24H24N2O4S/c1-24(2)15-30-22-20(19-5-4-12-25-23(19)27)13-17(14-21(22)24)7-6-16-8-10-18(11-9-16)26-31(3,28)29/h4-14,26H,15H2,1-3H3,(H,25,27)/b7-6+. The fourth-order valence-electron chi connectivity index (χ4n) is 3.64. The highest BCUT2D eigenvalue weighted by Gasteiger charge is 2.34. The van der Waals surface area contributed by atoms with Crippen molar-refractivity contribution in [1.29, 1.82) is 0 Å². The zero-order valence-corrected chi connectivity index (χ0v) is 18.4. The molecule has 2 heterocycles. The van der Waals surface area contributed by atoms with Gasteiger partial charge in [0.1, 0.15) is 5.75 Å². The number of rotatable bonds is 5. The number of anilines is 1. The highest BCUT2D eigenvalue weighted by molar-refractivity contribution is 7.92. The monoisotopic (exact) mass is 436 g/mol. The molecule has 0 saturated heterocycles. The predicted molar refractivity (Wildman–Crippen MR) is 125 cm³/mol. The summed E-state index contributed by atoms with van der Waals surface area (Å²) in [5.74, 6) is 0.759. The minimum atomic E-state index is -3.30. The van der Waals surface area contributed by atoms with E-state index in [1.165, 1.54) is 0 Å². The molecule has 31 heavy (non-hydrogen) atoms. The Bertz CT molecular complexity index is 1320. The average Bonchev–Trinajstić information content (AvgIpc) is 3.01. The number of nitrogens with one attached hydrogen (secondary N) is 2. The van der Waals surface area contributed by atoms with Gasteiger partial charge >= 0.3 is 0 Å². The number of sulfonamides is 1. The minimum absolute atomic E-state index is 0.158. The molecule has 0 atom stereocenters. The van der Waals surface area contributed by atoms with Crippen LogP contribution in [0.1, 0.15) is 30.5 Å². The summed E-state index contributed by atoms with van der Waals surface area (Å²) >= 11 is 0. The van der Waals surface area contributed by atoms with Crippen LogP contribution in [0.2, 0.25) is 0 Å². The van der Waals surface area contributed by atoms with Gasteiger partial charge < -0.3 is 9.72 Å². The number of aromatic nitrogens is 1. The number of H-pyrrole nitrogens is 1. The van der Waals surface area contributed by atoms with Crippen molar-refractivity contribution in [2.24, 2.45) is 0 Å². The maximum atomic E-state index is 12.4. The fraction of sp³-hybridized carbons (Fsp3) is 0.208. The zero-order valence-electron chi connectivity index (χ0n) is 17.6. The van der Waals surface area contributed by atoms with Crippen molar-refractivity contribution in [2.45, 2.75) is 19.3 Å². The molecule has 2 aromatic carbocycles. The van der Waals surface area contributed by atoms with Crippen LogP contribution in [-0.2, 0) is 15.4 Å². The van der Waals surface area contributed by atoms with E-state index in [0.717, 1.165) is 34.3 Å². The molecular formula is C24H24N2O4S. The maximum absolute atomic E-state index is 12.4. The fourth-order valence-corrected chi connectivity index (χ4v) is 4.20. The average molecular weight is 437 g/mol. The molecule has 4 rings (SSSR count). The second-order valence-corrected chi connectivity index (χ2v) is 10.1. The van der Waals surface area contributed by atoms with Gasteiger partial charge in [-0.25, -0.2) is 8.42 Å². The summed E-state index contributed by atoms with van der Waals surface area (Å²) < 4.78 is 31.2. The number of aromatic amines is 1. The van der Waals surface area contributed by atoms with Crippen molar-refractivity contribution in [2.75, 3.05) is 17.6 Å². The molecule has 0 aliphatic carbocycles. The van der Waals surface area contributed by atoms with Gasteiger partial charge in [0.25, 0.3) is 5.56 Å². The number of pyridine rings is 1. The number of hydrogen-bond acceptors (Lipinski definition) is 4. The third-order valence-corrected chi connectivity index (χ3v) is 5.81. The van der Waals surface area contributed by atoms with E-state index in [4.69, 9.17) is 4.74 Å². The smallest absolute Gasteiger partial charge is 0.255 e. The summed E-state index contributed by atoms with van der Waals surface area (Å²) in [6.45, 7) is 4.81. The van der Waals surface area contributed by atoms with Crippen molar-refractivity contribution in [3.63, 3.8) is 0 Å². The van der Waals surface area contributed by atoms with Crippen LogP contribution >= 0.6 is 0 Å². The van der Waals surface area contributed by atoms with Gasteiger partial charge in [0, 0.05) is 28.4 Å². The number of ether oxygens (including phenoxy) is 1. The first-order valence-electron chi connectivity index (χ1n) is 9.88. The van der Waals surface area contributed by atoms with Gasteiger partial charge in [-0.3, -0.25) is 9.52 Å². The molecule has 0 fully saturated rings. The topological polar surface area (TPSA) is 88.3 Å². The predicted octanol–water partition coefficient (Wildman–Crippen LogP) is 4.25. The van der Waals surface area contributed by atoms with Gasteiger partial charge in [0.2, 0.25) is 10.0 Å². The van der Waals surface area contributed by atoms with Gasteiger partial charge in [0.15, 0.2) is 0 Å². The Hall–Kier alpha value is -3.32. The summed E-state index contributed by atoms with van der Waals surface area (Å²) in [5.41, 5.74) is 4.49. The zero-order chi connectivity index (χ0) is 22.2. The molecule has 160 valence electrons.